The summed E-state index contributed by atoms with van der Waals surface area (Å²) in [5, 5.41) is 0. The standard InChI is InChI=1S/C16H12F2N2O2/c1-20-14-5-3-2-4-12(14)19-13(16(20)21)9-22-15-7-6-10(17)8-11(15)18/h2-8H,9H2,1H3. The number of benzene rings is 2. The molecule has 112 valence electrons. The summed E-state index contributed by atoms with van der Waals surface area (Å²) in [7, 11) is 1.63. The van der Waals surface area contributed by atoms with Crippen LogP contribution in [0.5, 0.6) is 5.75 Å². The van der Waals surface area contributed by atoms with Crippen LogP contribution >= 0.6 is 0 Å². The largest absolute Gasteiger partial charge is 0.484 e. The maximum absolute atomic E-state index is 13.5. The summed E-state index contributed by atoms with van der Waals surface area (Å²) in [5.41, 5.74) is 1.18. The number of fused-ring (bicyclic) bond motifs is 1. The smallest absolute Gasteiger partial charge is 0.276 e. The van der Waals surface area contributed by atoms with Crippen molar-refractivity contribution < 1.29 is 13.5 Å². The third kappa shape index (κ3) is 2.55. The van der Waals surface area contributed by atoms with Crippen molar-refractivity contribution in [1.29, 1.82) is 0 Å². The van der Waals surface area contributed by atoms with Crippen molar-refractivity contribution in [3.05, 3.63) is 70.1 Å². The van der Waals surface area contributed by atoms with Gasteiger partial charge in [0.2, 0.25) is 0 Å². The molecule has 1 heterocycles. The first-order chi connectivity index (χ1) is 10.6. The Morgan fingerprint density at radius 3 is 2.73 bits per heavy atom. The molecule has 0 saturated carbocycles. The maximum Gasteiger partial charge on any atom is 0.276 e. The highest BCUT2D eigenvalue weighted by atomic mass is 19.1. The maximum atomic E-state index is 13.5. The Labute approximate surface area is 124 Å². The van der Waals surface area contributed by atoms with Gasteiger partial charge >= 0.3 is 0 Å². The second-order valence-electron chi connectivity index (χ2n) is 4.77. The summed E-state index contributed by atoms with van der Waals surface area (Å²) >= 11 is 0. The van der Waals surface area contributed by atoms with E-state index in [0.717, 1.165) is 12.1 Å². The molecule has 6 heteroatoms. The Bertz CT molecular complexity index is 906. The van der Waals surface area contributed by atoms with Gasteiger partial charge in [-0.1, -0.05) is 12.1 Å². The summed E-state index contributed by atoms with van der Waals surface area (Å²) < 4.78 is 33.1. The molecule has 0 fully saturated rings. The van der Waals surface area contributed by atoms with Crippen LogP contribution in [0.25, 0.3) is 11.0 Å². The molecule has 0 N–H and O–H groups in total. The van der Waals surface area contributed by atoms with Gasteiger partial charge in [-0.05, 0) is 24.3 Å². The molecule has 0 saturated heterocycles. The lowest BCUT2D eigenvalue weighted by Gasteiger charge is -2.09. The highest BCUT2D eigenvalue weighted by Gasteiger charge is 2.11. The molecular weight excluding hydrogens is 290 g/mol. The topological polar surface area (TPSA) is 44.1 Å². The van der Waals surface area contributed by atoms with Crippen LogP contribution in [0.1, 0.15) is 5.69 Å². The molecule has 3 aromatic rings. The lowest BCUT2D eigenvalue weighted by Crippen LogP contribution is -2.24. The zero-order chi connectivity index (χ0) is 15.7. The quantitative estimate of drug-likeness (QED) is 0.747. The van der Waals surface area contributed by atoms with Gasteiger partial charge in [-0.2, -0.15) is 0 Å². The van der Waals surface area contributed by atoms with Gasteiger partial charge in [-0.25, -0.2) is 13.8 Å². The second-order valence-corrected chi connectivity index (χ2v) is 4.77. The van der Waals surface area contributed by atoms with E-state index >= 15 is 0 Å². The van der Waals surface area contributed by atoms with Gasteiger partial charge in [-0.15, -0.1) is 0 Å². The summed E-state index contributed by atoms with van der Waals surface area (Å²) in [4.78, 5) is 16.5. The van der Waals surface area contributed by atoms with E-state index in [1.54, 1.807) is 19.2 Å². The molecule has 3 rings (SSSR count). The van der Waals surface area contributed by atoms with E-state index < -0.39 is 11.6 Å². The van der Waals surface area contributed by atoms with Crippen LogP contribution < -0.4 is 10.3 Å². The normalized spacial score (nSPS) is 10.9. The lowest BCUT2D eigenvalue weighted by atomic mass is 10.3. The number of rotatable bonds is 3. The minimum Gasteiger partial charge on any atom is -0.484 e. The number of hydrogen-bond donors (Lipinski definition) is 0. The molecule has 22 heavy (non-hydrogen) atoms. The molecule has 0 amide bonds. The Morgan fingerprint density at radius 1 is 1.18 bits per heavy atom. The Balaban J connectivity index is 1.94. The number of para-hydroxylation sites is 2. The van der Waals surface area contributed by atoms with Crippen molar-refractivity contribution in [1.82, 2.24) is 9.55 Å². The molecule has 0 aliphatic heterocycles. The van der Waals surface area contributed by atoms with E-state index in [2.05, 4.69) is 4.98 Å². The minimum absolute atomic E-state index is 0.126. The monoisotopic (exact) mass is 302 g/mol. The molecule has 4 nitrogen and oxygen atoms in total. The summed E-state index contributed by atoms with van der Waals surface area (Å²) in [5.74, 6) is -1.64. The predicted octanol–water partition coefficient (Wildman–Crippen LogP) is 2.79. The van der Waals surface area contributed by atoms with E-state index in [4.69, 9.17) is 4.74 Å². The van der Waals surface area contributed by atoms with E-state index in [1.807, 2.05) is 12.1 Å². The average molecular weight is 302 g/mol. The fourth-order valence-electron chi connectivity index (χ4n) is 2.17. The highest BCUT2D eigenvalue weighted by molar-refractivity contribution is 5.74. The SMILES string of the molecule is Cn1c(=O)c(COc2ccc(F)cc2F)nc2ccccc21. The molecule has 0 unspecified atom stereocenters. The number of ether oxygens (including phenoxy) is 1. The molecule has 1 aromatic heterocycles. The van der Waals surface area contributed by atoms with Crippen molar-refractivity contribution in [2.75, 3.05) is 0 Å². The summed E-state index contributed by atoms with van der Waals surface area (Å²) in [6.07, 6.45) is 0. The van der Waals surface area contributed by atoms with Crippen molar-refractivity contribution in [3.8, 4) is 5.75 Å². The van der Waals surface area contributed by atoms with Gasteiger partial charge in [0.25, 0.3) is 5.56 Å². The van der Waals surface area contributed by atoms with Crippen molar-refractivity contribution in [2.24, 2.45) is 7.05 Å². The van der Waals surface area contributed by atoms with E-state index in [1.165, 1.54) is 10.6 Å². The Hall–Kier alpha value is -2.76. The Kier molecular flexibility index (Phi) is 3.58. The van der Waals surface area contributed by atoms with Crippen LogP contribution in [0.4, 0.5) is 8.78 Å². The zero-order valence-electron chi connectivity index (χ0n) is 11.7. The van der Waals surface area contributed by atoms with Crippen LogP contribution in [-0.2, 0) is 13.7 Å². The minimum atomic E-state index is -0.822. The van der Waals surface area contributed by atoms with Crippen LogP contribution in [0.2, 0.25) is 0 Å². The number of halogens is 2. The van der Waals surface area contributed by atoms with Gasteiger partial charge in [-0.3, -0.25) is 4.79 Å². The number of hydrogen-bond acceptors (Lipinski definition) is 3. The second kappa shape index (κ2) is 5.55. The van der Waals surface area contributed by atoms with Gasteiger partial charge in [0.1, 0.15) is 18.1 Å². The molecule has 0 bridgehead atoms. The third-order valence-electron chi connectivity index (χ3n) is 3.31. The summed E-state index contributed by atoms with van der Waals surface area (Å²) in [6.45, 7) is -0.194. The zero-order valence-corrected chi connectivity index (χ0v) is 11.7. The first-order valence-corrected chi connectivity index (χ1v) is 6.59. The molecule has 2 aromatic carbocycles. The van der Waals surface area contributed by atoms with Crippen molar-refractivity contribution in [2.45, 2.75) is 6.61 Å². The van der Waals surface area contributed by atoms with Gasteiger partial charge in [0.05, 0.1) is 11.0 Å². The fraction of sp³-hybridized carbons (Fsp3) is 0.125. The molecule has 0 atom stereocenters. The molecule has 0 aliphatic carbocycles. The first kappa shape index (κ1) is 14.2. The Morgan fingerprint density at radius 2 is 1.95 bits per heavy atom. The van der Waals surface area contributed by atoms with Crippen molar-refractivity contribution >= 4 is 11.0 Å². The number of nitrogens with zero attached hydrogens (tertiary/aromatic N) is 2. The van der Waals surface area contributed by atoms with Gasteiger partial charge in [0.15, 0.2) is 11.6 Å². The number of aromatic nitrogens is 2. The van der Waals surface area contributed by atoms with E-state index in [0.29, 0.717) is 11.0 Å². The predicted molar refractivity (Wildman–Crippen MR) is 77.7 cm³/mol. The first-order valence-electron chi connectivity index (χ1n) is 6.59. The average Bonchev–Trinajstić information content (AvgIpc) is 2.51. The molecule has 0 spiro atoms. The molecule has 0 radical (unpaired) electrons. The summed E-state index contributed by atoms with van der Waals surface area (Å²) in [6, 6.07) is 10.2. The third-order valence-corrected chi connectivity index (χ3v) is 3.31. The number of aryl methyl sites for hydroxylation is 1. The van der Waals surface area contributed by atoms with Crippen LogP contribution in [0.15, 0.2) is 47.3 Å². The van der Waals surface area contributed by atoms with Crippen LogP contribution in [0, 0.1) is 11.6 Å². The fourth-order valence-corrected chi connectivity index (χ4v) is 2.17. The molecular formula is C16H12F2N2O2. The highest BCUT2D eigenvalue weighted by Crippen LogP contribution is 2.18. The molecule has 0 aliphatic rings. The van der Waals surface area contributed by atoms with E-state index in [-0.39, 0.29) is 23.6 Å². The lowest BCUT2D eigenvalue weighted by molar-refractivity contribution is 0.283. The van der Waals surface area contributed by atoms with Crippen molar-refractivity contribution in [3.63, 3.8) is 0 Å². The van der Waals surface area contributed by atoms with E-state index in [9.17, 15) is 13.6 Å². The van der Waals surface area contributed by atoms with Crippen LogP contribution in [-0.4, -0.2) is 9.55 Å². The van der Waals surface area contributed by atoms with Gasteiger partial charge in [0, 0.05) is 13.1 Å². The van der Waals surface area contributed by atoms with Gasteiger partial charge < -0.3 is 9.30 Å². The van der Waals surface area contributed by atoms with Crippen LogP contribution in [0.3, 0.4) is 0 Å².